The van der Waals surface area contributed by atoms with E-state index in [4.69, 9.17) is 0 Å². The van der Waals surface area contributed by atoms with Crippen LogP contribution in [0.2, 0.25) is 0 Å². The van der Waals surface area contributed by atoms with Gasteiger partial charge < -0.3 is 9.69 Å². The Bertz CT molecular complexity index is 212. The molecule has 0 amide bonds. The average molecular weight is 243 g/mol. The van der Waals surface area contributed by atoms with Gasteiger partial charge in [0.15, 0.2) is 0 Å². The molecule has 1 fully saturated rings. The first-order valence-corrected chi connectivity index (χ1v) is 7.65. The lowest BCUT2D eigenvalue weighted by atomic mass is 9.71. The molecule has 0 N–H and O–H groups in total. The molecular weight excluding hydrogens is 218 g/mol. The summed E-state index contributed by atoms with van der Waals surface area (Å²) in [5, 5.41) is 0. The number of nitrogens with zero attached hydrogens (tertiary/aromatic N) is 1. The third-order valence-electron chi connectivity index (χ3n) is 3.78. The van der Waals surface area contributed by atoms with Crippen molar-refractivity contribution >= 4 is 18.0 Å². The van der Waals surface area contributed by atoms with Gasteiger partial charge in [0.2, 0.25) is 0 Å². The van der Waals surface area contributed by atoms with Crippen molar-refractivity contribution in [3.8, 4) is 0 Å². The molecule has 0 radical (unpaired) electrons. The van der Waals surface area contributed by atoms with Gasteiger partial charge in [0.05, 0.1) is 0 Å². The zero-order chi connectivity index (χ0) is 12.0. The van der Waals surface area contributed by atoms with Gasteiger partial charge in [0, 0.05) is 24.3 Å². The van der Waals surface area contributed by atoms with E-state index in [0.717, 1.165) is 37.6 Å². The number of rotatable bonds is 6. The zero-order valence-electron chi connectivity index (χ0n) is 10.9. The molecule has 0 heterocycles. The molecule has 0 saturated heterocycles. The van der Waals surface area contributed by atoms with Crippen molar-refractivity contribution in [2.45, 2.75) is 32.6 Å². The molecular formula is C13H25NOS. The van der Waals surface area contributed by atoms with Gasteiger partial charge in [-0.15, -0.1) is 0 Å². The smallest absolute Gasteiger partial charge is 0.127 e. The van der Waals surface area contributed by atoms with Crippen LogP contribution in [-0.2, 0) is 4.79 Å². The molecule has 0 aromatic rings. The molecule has 0 spiro atoms. The molecule has 1 saturated carbocycles. The van der Waals surface area contributed by atoms with Crippen LogP contribution in [0, 0.1) is 11.3 Å². The Morgan fingerprint density at radius 2 is 2.06 bits per heavy atom. The van der Waals surface area contributed by atoms with E-state index >= 15 is 0 Å². The van der Waals surface area contributed by atoms with Crippen LogP contribution >= 0.6 is 11.8 Å². The molecule has 0 bridgehead atoms. The summed E-state index contributed by atoms with van der Waals surface area (Å²) in [7, 11) is 2.14. The Labute approximate surface area is 104 Å². The van der Waals surface area contributed by atoms with Gasteiger partial charge in [-0.3, -0.25) is 0 Å². The topological polar surface area (TPSA) is 20.3 Å². The van der Waals surface area contributed by atoms with Gasteiger partial charge in [0.1, 0.15) is 6.29 Å². The van der Waals surface area contributed by atoms with Gasteiger partial charge in [0.25, 0.3) is 0 Å². The van der Waals surface area contributed by atoms with E-state index in [1.165, 1.54) is 19.1 Å². The summed E-state index contributed by atoms with van der Waals surface area (Å²) < 4.78 is 0. The van der Waals surface area contributed by atoms with Crippen LogP contribution in [-0.4, -0.2) is 43.3 Å². The summed E-state index contributed by atoms with van der Waals surface area (Å²) in [6.45, 7) is 4.34. The molecule has 94 valence electrons. The minimum absolute atomic E-state index is 0.0420. The Balaban J connectivity index is 2.44. The van der Waals surface area contributed by atoms with Crippen molar-refractivity contribution in [3.63, 3.8) is 0 Å². The highest BCUT2D eigenvalue weighted by Crippen LogP contribution is 2.37. The Kier molecular flexibility index (Phi) is 5.84. The van der Waals surface area contributed by atoms with Crippen LogP contribution in [0.5, 0.6) is 0 Å². The van der Waals surface area contributed by atoms with Crippen LogP contribution in [0.3, 0.4) is 0 Å². The van der Waals surface area contributed by atoms with E-state index in [1.807, 2.05) is 11.8 Å². The molecule has 3 heteroatoms. The van der Waals surface area contributed by atoms with E-state index in [1.54, 1.807) is 0 Å². The van der Waals surface area contributed by atoms with Crippen molar-refractivity contribution in [3.05, 3.63) is 0 Å². The lowest BCUT2D eigenvalue weighted by Gasteiger charge is -2.37. The standard InChI is InChI=1S/C13H25NOS/c1-12-4-6-13(11-15,7-5-12)10-14(2)8-9-16-3/h11-12H,4-10H2,1-3H3. The van der Waals surface area contributed by atoms with Gasteiger partial charge in [-0.2, -0.15) is 11.8 Å². The number of carbonyl (C=O) groups is 1. The fourth-order valence-corrected chi connectivity index (χ4v) is 3.01. The first-order valence-electron chi connectivity index (χ1n) is 6.26. The van der Waals surface area contributed by atoms with Gasteiger partial charge >= 0.3 is 0 Å². The zero-order valence-corrected chi connectivity index (χ0v) is 11.7. The van der Waals surface area contributed by atoms with Crippen molar-refractivity contribution in [2.75, 3.05) is 32.1 Å². The van der Waals surface area contributed by atoms with E-state index in [0.29, 0.717) is 0 Å². The normalized spacial score (nSPS) is 30.6. The molecule has 2 nitrogen and oxygen atoms in total. The average Bonchev–Trinajstić information content (AvgIpc) is 2.30. The number of thioether (sulfide) groups is 1. The minimum Gasteiger partial charge on any atom is -0.305 e. The summed E-state index contributed by atoms with van der Waals surface area (Å²) in [5.41, 5.74) is -0.0420. The third kappa shape index (κ3) is 4.10. The monoisotopic (exact) mass is 243 g/mol. The van der Waals surface area contributed by atoms with Crippen molar-refractivity contribution in [1.82, 2.24) is 4.90 Å². The largest absolute Gasteiger partial charge is 0.305 e. The fraction of sp³-hybridized carbons (Fsp3) is 0.923. The molecule has 1 rings (SSSR count). The predicted octanol–water partition coefficient (Wildman–Crippen LogP) is 2.68. The van der Waals surface area contributed by atoms with Crippen LogP contribution in [0.1, 0.15) is 32.6 Å². The van der Waals surface area contributed by atoms with E-state index in [9.17, 15) is 4.79 Å². The second-order valence-corrected chi connectivity index (χ2v) is 6.38. The SMILES string of the molecule is CSCCN(C)CC1(C=O)CCC(C)CC1. The molecule has 1 aliphatic carbocycles. The highest BCUT2D eigenvalue weighted by Gasteiger charge is 2.34. The van der Waals surface area contributed by atoms with Gasteiger partial charge in [-0.25, -0.2) is 0 Å². The van der Waals surface area contributed by atoms with Crippen molar-refractivity contribution < 1.29 is 4.79 Å². The maximum atomic E-state index is 11.4. The quantitative estimate of drug-likeness (QED) is 0.669. The summed E-state index contributed by atoms with van der Waals surface area (Å²) in [6, 6.07) is 0. The van der Waals surface area contributed by atoms with Crippen molar-refractivity contribution in [2.24, 2.45) is 11.3 Å². The number of aldehydes is 1. The maximum Gasteiger partial charge on any atom is 0.127 e. The van der Waals surface area contributed by atoms with E-state index < -0.39 is 0 Å². The highest BCUT2D eigenvalue weighted by molar-refractivity contribution is 7.98. The molecule has 16 heavy (non-hydrogen) atoms. The molecule has 0 unspecified atom stereocenters. The molecule has 0 aromatic carbocycles. The lowest BCUT2D eigenvalue weighted by molar-refractivity contribution is -0.119. The first-order chi connectivity index (χ1) is 7.62. The second kappa shape index (κ2) is 6.65. The predicted molar refractivity (Wildman–Crippen MR) is 72.0 cm³/mol. The lowest BCUT2D eigenvalue weighted by Crippen LogP contribution is -2.40. The molecule has 1 aliphatic rings. The summed E-state index contributed by atoms with van der Waals surface area (Å²) in [5.74, 6) is 1.96. The van der Waals surface area contributed by atoms with Crippen LogP contribution in [0.15, 0.2) is 0 Å². The van der Waals surface area contributed by atoms with Crippen LogP contribution in [0.25, 0.3) is 0 Å². The fourth-order valence-electron chi connectivity index (χ4n) is 2.51. The summed E-state index contributed by atoms with van der Waals surface area (Å²) in [6.07, 6.45) is 7.97. The molecule has 0 atom stereocenters. The van der Waals surface area contributed by atoms with Gasteiger partial charge in [-0.1, -0.05) is 6.92 Å². The Morgan fingerprint density at radius 3 is 2.56 bits per heavy atom. The number of carbonyl (C=O) groups excluding carboxylic acids is 1. The Hall–Kier alpha value is -0.0200. The minimum atomic E-state index is -0.0420. The molecule has 0 aliphatic heterocycles. The molecule has 0 aromatic heterocycles. The van der Waals surface area contributed by atoms with Gasteiger partial charge in [-0.05, 0) is 44.9 Å². The van der Waals surface area contributed by atoms with Crippen molar-refractivity contribution in [1.29, 1.82) is 0 Å². The van der Waals surface area contributed by atoms with Crippen LogP contribution in [0.4, 0.5) is 0 Å². The van der Waals surface area contributed by atoms with E-state index in [2.05, 4.69) is 25.1 Å². The van der Waals surface area contributed by atoms with E-state index in [-0.39, 0.29) is 5.41 Å². The maximum absolute atomic E-state index is 11.4. The first kappa shape index (κ1) is 14.0. The third-order valence-corrected chi connectivity index (χ3v) is 4.37. The van der Waals surface area contributed by atoms with Crippen LogP contribution < -0.4 is 0 Å². The highest BCUT2D eigenvalue weighted by atomic mass is 32.2. The number of hydrogen-bond donors (Lipinski definition) is 0. The summed E-state index contributed by atoms with van der Waals surface area (Å²) >= 11 is 1.87. The Morgan fingerprint density at radius 1 is 1.44 bits per heavy atom. The number of hydrogen-bond acceptors (Lipinski definition) is 3. The summed E-state index contributed by atoms with van der Waals surface area (Å²) in [4.78, 5) is 13.7. The second-order valence-electron chi connectivity index (χ2n) is 5.39.